The first-order valence-electron chi connectivity index (χ1n) is 6.83. The second-order valence-electron chi connectivity index (χ2n) is 5.53. The van der Waals surface area contributed by atoms with E-state index < -0.39 is 40.0 Å². The average molecular weight is 312 g/mol. The molecule has 1 aromatic carbocycles. The highest BCUT2D eigenvalue weighted by Gasteiger charge is 2.40. The normalized spacial score (nSPS) is 34.1. The zero-order valence-corrected chi connectivity index (χ0v) is 12.7. The first-order valence-corrected chi connectivity index (χ1v) is 8.31. The van der Waals surface area contributed by atoms with Crippen molar-refractivity contribution >= 4 is 9.84 Å². The molecule has 0 saturated carbocycles. The Morgan fingerprint density at radius 2 is 1.52 bits per heavy atom. The molecule has 0 aliphatic heterocycles. The number of benzene rings is 1. The van der Waals surface area contributed by atoms with E-state index in [-0.39, 0.29) is 9.80 Å². The second kappa shape index (κ2) is 5.88. The van der Waals surface area contributed by atoms with E-state index in [1.165, 1.54) is 18.2 Å². The molecule has 0 bridgehead atoms. The summed E-state index contributed by atoms with van der Waals surface area (Å²) >= 11 is 0. The third-order valence-corrected chi connectivity index (χ3v) is 5.91. The quantitative estimate of drug-likeness (QED) is 0.748. The van der Waals surface area contributed by atoms with Crippen molar-refractivity contribution in [2.75, 3.05) is 0 Å². The van der Waals surface area contributed by atoms with E-state index in [9.17, 15) is 23.7 Å². The van der Waals surface area contributed by atoms with Gasteiger partial charge in [-0.2, -0.15) is 0 Å². The van der Waals surface area contributed by atoms with Gasteiger partial charge in [0, 0.05) is 11.8 Å². The summed E-state index contributed by atoms with van der Waals surface area (Å²) in [5.41, 5.74) is 0. The van der Waals surface area contributed by atoms with E-state index >= 15 is 0 Å². The van der Waals surface area contributed by atoms with Crippen molar-refractivity contribution < 1.29 is 23.7 Å². The molecule has 116 valence electrons. The number of hydrogen-bond donors (Lipinski definition) is 3. The molecule has 1 aliphatic carbocycles. The lowest BCUT2D eigenvalue weighted by molar-refractivity contribution is -0.0385. The van der Waals surface area contributed by atoms with E-state index in [0.717, 1.165) is 0 Å². The minimum atomic E-state index is -3.91. The molecule has 0 spiro atoms. The molecular formula is C15H20O5S. The Bertz CT molecular complexity index is 623. The Labute approximate surface area is 124 Å². The van der Waals surface area contributed by atoms with Crippen molar-refractivity contribution in [1.29, 1.82) is 0 Å². The summed E-state index contributed by atoms with van der Waals surface area (Å²) in [6.45, 7) is 3.24. The van der Waals surface area contributed by atoms with Crippen LogP contribution in [0.4, 0.5) is 0 Å². The van der Waals surface area contributed by atoms with E-state index in [1.807, 2.05) is 0 Å². The van der Waals surface area contributed by atoms with Crippen LogP contribution in [0.15, 0.2) is 46.2 Å². The highest BCUT2D eigenvalue weighted by molar-refractivity contribution is 7.95. The summed E-state index contributed by atoms with van der Waals surface area (Å²) < 4.78 is 25.3. The summed E-state index contributed by atoms with van der Waals surface area (Å²) in [6.07, 6.45) is -2.47. The van der Waals surface area contributed by atoms with Crippen LogP contribution < -0.4 is 0 Å². The second-order valence-corrected chi connectivity index (χ2v) is 7.48. The van der Waals surface area contributed by atoms with Gasteiger partial charge in [0.15, 0.2) is 0 Å². The molecule has 1 aliphatic rings. The van der Waals surface area contributed by atoms with Gasteiger partial charge in [0.1, 0.15) is 6.10 Å². The summed E-state index contributed by atoms with van der Waals surface area (Å²) in [5.74, 6) is -1.12. The van der Waals surface area contributed by atoms with Crippen molar-refractivity contribution in [2.24, 2.45) is 11.8 Å². The topological polar surface area (TPSA) is 94.8 Å². The lowest BCUT2D eigenvalue weighted by atomic mass is 9.90. The van der Waals surface area contributed by atoms with Crippen molar-refractivity contribution in [2.45, 2.75) is 37.1 Å². The van der Waals surface area contributed by atoms with Gasteiger partial charge in [-0.25, -0.2) is 8.42 Å². The maximum atomic E-state index is 12.6. The molecule has 6 heteroatoms. The molecule has 0 unspecified atom stereocenters. The monoisotopic (exact) mass is 312 g/mol. The SMILES string of the molecule is C[C@H]1[C@H](O)[C@H](O)C(S(=O)(=O)c2ccccc2)=C[C@H](C)[C@H]1O. The van der Waals surface area contributed by atoms with Gasteiger partial charge in [-0.1, -0.05) is 38.1 Å². The molecule has 0 heterocycles. The third kappa shape index (κ3) is 2.89. The fourth-order valence-electron chi connectivity index (χ4n) is 2.58. The minimum Gasteiger partial charge on any atom is -0.392 e. The highest BCUT2D eigenvalue weighted by atomic mass is 32.2. The molecular weight excluding hydrogens is 292 g/mol. The van der Waals surface area contributed by atoms with Crippen molar-refractivity contribution in [3.63, 3.8) is 0 Å². The standard InChI is InChI=1S/C15H20O5S/c1-9-8-12(15(18)14(17)10(2)13(9)16)21(19,20)11-6-4-3-5-7-11/h3-10,13-18H,1-2H3/t9-,10+,13+,14-,15+/m0/s1. The van der Waals surface area contributed by atoms with Crippen molar-refractivity contribution in [1.82, 2.24) is 0 Å². The van der Waals surface area contributed by atoms with Gasteiger partial charge in [0.25, 0.3) is 0 Å². The van der Waals surface area contributed by atoms with E-state index in [1.54, 1.807) is 32.0 Å². The first kappa shape index (κ1) is 16.2. The summed E-state index contributed by atoms with van der Waals surface area (Å²) in [4.78, 5) is -0.198. The molecule has 0 radical (unpaired) electrons. The van der Waals surface area contributed by atoms with Crippen LogP contribution in [-0.2, 0) is 9.84 Å². The molecule has 5 nitrogen and oxygen atoms in total. The van der Waals surface area contributed by atoms with Gasteiger partial charge in [0.05, 0.1) is 22.0 Å². The molecule has 2 rings (SSSR count). The first-order chi connectivity index (χ1) is 9.76. The predicted molar refractivity (Wildman–Crippen MR) is 78.1 cm³/mol. The number of sulfone groups is 1. The van der Waals surface area contributed by atoms with Gasteiger partial charge in [-0.3, -0.25) is 0 Å². The minimum absolute atomic E-state index is 0.0544. The van der Waals surface area contributed by atoms with Gasteiger partial charge in [-0.05, 0) is 12.1 Å². The molecule has 1 aromatic rings. The molecule has 21 heavy (non-hydrogen) atoms. The molecule has 5 atom stereocenters. The maximum absolute atomic E-state index is 12.6. The molecule has 0 aromatic heterocycles. The summed E-state index contributed by atoms with van der Waals surface area (Å²) in [6, 6.07) is 7.75. The molecule has 3 N–H and O–H groups in total. The lowest BCUT2D eigenvalue weighted by Gasteiger charge is -2.26. The van der Waals surface area contributed by atoms with Crippen LogP contribution in [-0.4, -0.2) is 42.0 Å². The number of hydrogen-bond acceptors (Lipinski definition) is 5. The predicted octanol–water partition coefficient (Wildman–Crippen LogP) is 0.713. The Morgan fingerprint density at radius 1 is 0.952 bits per heavy atom. The van der Waals surface area contributed by atoms with Crippen LogP contribution in [0.1, 0.15) is 13.8 Å². The number of aliphatic hydroxyl groups excluding tert-OH is 3. The number of aliphatic hydroxyl groups is 3. The maximum Gasteiger partial charge on any atom is 0.205 e. The van der Waals surface area contributed by atoms with E-state index in [0.29, 0.717) is 0 Å². The van der Waals surface area contributed by atoms with Crippen LogP contribution in [0.25, 0.3) is 0 Å². The summed E-state index contributed by atoms with van der Waals surface area (Å²) in [5, 5.41) is 30.3. The van der Waals surface area contributed by atoms with Crippen LogP contribution in [0.2, 0.25) is 0 Å². The smallest absolute Gasteiger partial charge is 0.205 e. The van der Waals surface area contributed by atoms with Gasteiger partial charge >= 0.3 is 0 Å². The Hall–Kier alpha value is -1.21. The molecule has 0 saturated heterocycles. The van der Waals surface area contributed by atoms with Gasteiger partial charge in [-0.15, -0.1) is 0 Å². The zero-order valence-electron chi connectivity index (χ0n) is 11.9. The van der Waals surface area contributed by atoms with Crippen LogP contribution in [0, 0.1) is 11.8 Å². The fraction of sp³-hybridized carbons (Fsp3) is 0.467. The molecule has 0 amide bonds. The number of rotatable bonds is 2. The molecule has 0 fully saturated rings. The largest absolute Gasteiger partial charge is 0.392 e. The third-order valence-electron chi connectivity index (χ3n) is 4.02. The fourth-order valence-corrected chi connectivity index (χ4v) is 4.22. The van der Waals surface area contributed by atoms with Crippen molar-refractivity contribution in [3.8, 4) is 0 Å². The van der Waals surface area contributed by atoms with Gasteiger partial charge in [0.2, 0.25) is 9.84 Å². The highest BCUT2D eigenvalue weighted by Crippen LogP contribution is 2.32. The zero-order chi connectivity index (χ0) is 15.8. The van der Waals surface area contributed by atoms with Crippen molar-refractivity contribution in [3.05, 3.63) is 41.3 Å². The Morgan fingerprint density at radius 3 is 2.10 bits per heavy atom. The Kier molecular flexibility index (Phi) is 4.53. The van der Waals surface area contributed by atoms with Crippen LogP contribution >= 0.6 is 0 Å². The Balaban J connectivity index is 2.53. The van der Waals surface area contributed by atoms with E-state index in [2.05, 4.69) is 0 Å². The lowest BCUT2D eigenvalue weighted by Crippen LogP contribution is -2.39. The van der Waals surface area contributed by atoms with Gasteiger partial charge < -0.3 is 15.3 Å². The van der Waals surface area contributed by atoms with E-state index in [4.69, 9.17) is 0 Å². The van der Waals surface area contributed by atoms with Crippen LogP contribution in [0.3, 0.4) is 0 Å². The van der Waals surface area contributed by atoms with Crippen LogP contribution in [0.5, 0.6) is 0 Å². The average Bonchev–Trinajstić information content (AvgIpc) is 2.55. The summed E-state index contributed by atoms with van der Waals surface area (Å²) in [7, 11) is -3.91.